The van der Waals surface area contributed by atoms with Gasteiger partial charge in [0, 0.05) is 24.2 Å². The number of hydrazone groups is 1. The Morgan fingerprint density at radius 2 is 1.53 bits per heavy atom. The predicted molar refractivity (Wildman–Crippen MR) is 115 cm³/mol. The summed E-state index contributed by atoms with van der Waals surface area (Å²) < 4.78 is 109. The van der Waals surface area contributed by atoms with Crippen LogP contribution in [0.5, 0.6) is 0 Å². The average molecular weight is 515 g/mol. The molecule has 4 nitrogen and oxygen atoms in total. The minimum atomic E-state index is -6.16. The van der Waals surface area contributed by atoms with Crippen molar-refractivity contribution in [3.63, 3.8) is 0 Å². The lowest BCUT2D eigenvalue weighted by Gasteiger charge is -2.32. The quantitative estimate of drug-likeness (QED) is 0.404. The summed E-state index contributed by atoms with van der Waals surface area (Å²) in [5, 5.41) is 13.8. The van der Waals surface area contributed by atoms with E-state index in [1.807, 2.05) is 13.0 Å². The summed E-state index contributed by atoms with van der Waals surface area (Å²) >= 11 is 0. The zero-order valence-corrected chi connectivity index (χ0v) is 18.4. The molecule has 2 heterocycles. The molecule has 2 aromatic carbocycles. The first-order valence-corrected chi connectivity index (χ1v) is 10.4. The van der Waals surface area contributed by atoms with Gasteiger partial charge in [0.1, 0.15) is 5.82 Å². The molecule has 1 aliphatic heterocycles. The molecule has 0 saturated heterocycles. The van der Waals surface area contributed by atoms with Crippen molar-refractivity contribution in [1.82, 2.24) is 4.98 Å². The van der Waals surface area contributed by atoms with Crippen LogP contribution in [0.4, 0.5) is 40.8 Å². The molecule has 1 aromatic heterocycles. The van der Waals surface area contributed by atoms with E-state index in [1.165, 1.54) is 12.1 Å². The van der Waals surface area contributed by atoms with E-state index in [1.54, 1.807) is 24.4 Å². The van der Waals surface area contributed by atoms with Crippen LogP contribution in [0, 0.1) is 18.6 Å². The minimum Gasteiger partial charge on any atom is -0.369 e. The van der Waals surface area contributed by atoms with Gasteiger partial charge in [-0.25, -0.2) is 8.78 Å². The zero-order valence-electron chi connectivity index (χ0n) is 18.4. The molecule has 0 aliphatic carbocycles. The van der Waals surface area contributed by atoms with E-state index >= 15 is 0 Å². The molecular formula is C24H17F8N3O. The number of benzene rings is 2. The Morgan fingerprint density at radius 3 is 2.06 bits per heavy atom. The molecule has 0 radical (unpaired) electrons. The lowest BCUT2D eigenvalue weighted by atomic mass is 9.89. The Balaban J connectivity index is 1.79. The van der Waals surface area contributed by atoms with Gasteiger partial charge < -0.3 is 5.11 Å². The van der Waals surface area contributed by atoms with E-state index in [4.69, 9.17) is 0 Å². The maximum absolute atomic E-state index is 14.5. The average Bonchev–Trinajstić information content (AvgIpc) is 3.23. The summed E-state index contributed by atoms with van der Waals surface area (Å²) in [6.45, 7) is 1.84. The summed E-state index contributed by atoms with van der Waals surface area (Å²) in [6.07, 6.45) is -11.7. The number of nitrogens with zero attached hydrogens (tertiary/aromatic N) is 3. The van der Waals surface area contributed by atoms with E-state index < -0.39 is 53.4 Å². The standard InChI is InChI=1S/C24H17F8N3O/c1-13-2-8-18(33-12-13)14-3-5-15(6-4-14)20-11-21(22(36,23(27,28)29)24(30,31)32)34-35(20)19-9-7-16(25)10-17(19)26/h2-10,12,20,36H,11H2,1H3. The van der Waals surface area contributed by atoms with Gasteiger partial charge in [-0.15, -0.1) is 0 Å². The Kier molecular flexibility index (Phi) is 6.27. The number of halogens is 8. The highest BCUT2D eigenvalue weighted by molar-refractivity contribution is 5.97. The molecule has 190 valence electrons. The van der Waals surface area contributed by atoms with E-state index in [0.29, 0.717) is 22.3 Å². The molecular weight excluding hydrogens is 498 g/mol. The van der Waals surface area contributed by atoms with Gasteiger partial charge in [0.2, 0.25) is 0 Å². The number of hydrogen-bond acceptors (Lipinski definition) is 4. The van der Waals surface area contributed by atoms with Gasteiger partial charge in [-0.3, -0.25) is 9.99 Å². The van der Waals surface area contributed by atoms with Crippen LogP contribution in [0.1, 0.15) is 23.6 Å². The predicted octanol–water partition coefficient (Wildman–Crippen LogP) is 6.50. The molecule has 0 fully saturated rings. The van der Waals surface area contributed by atoms with E-state index in [0.717, 1.165) is 17.7 Å². The number of alkyl halides is 6. The number of aliphatic hydroxyl groups is 1. The normalized spacial score (nSPS) is 16.9. The highest BCUT2D eigenvalue weighted by atomic mass is 19.4. The summed E-state index contributed by atoms with van der Waals surface area (Å²) in [7, 11) is 0. The van der Waals surface area contributed by atoms with Crippen LogP contribution in [0.3, 0.4) is 0 Å². The molecule has 0 saturated carbocycles. The number of aromatic nitrogens is 1. The Morgan fingerprint density at radius 1 is 0.889 bits per heavy atom. The number of aryl methyl sites for hydroxylation is 1. The number of pyridine rings is 1. The van der Waals surface area contributed by atoms with E-state index in [9.17, 15) is 40.2 Å². The second-order valence-corrected chi connectivity index (χ2v) is 8.26. The Hall–Kier alpha value is -3.54. The third-order valence-corrected chi connectivity index (χ3v) is 5.81. The molecule has 1 unspecified atom stereocenters. The SMILES string of the molecule is Cc1ccc(-c2ccc(C3CC(C(O)(C(F)(F)F)C(F)(F)F)=NN3c3ccc(F)cc3F)cc2)nc1. The highest BCUT2D eigenvalue weighted by Crippen LogP contribution is 2.49. The lowest BCUT2D eigenvalue weighted by molar-refractivity contribution is -0.338. The van der Waals surface area contributed by atoms with Crippen LogP contribution in [0.15, 0.2) is 65.9 Å². The number of anilines is 1. The molecule has 4 rings (SSSR count). The molecule has 1 atom stereocenters. The first kappa shape index (κ1) is 25.5. The van der Waals surface area contributed by atoms with Crippen LogP contribution in [0.2, 0.25) is 0 Å². The second kappa shape index (κ2) is 8.84. The molecule has 12 heteroatoms. The van der Waals surface area contributed by atoms with Crippen molar-refractivity contribution >= 4 is 11.4 Å². The smallest absolute Gasteiger partial charge is 0.369 e. The highest BCUT2D eigenvalue weighted by Gasteiger charge is 2.74. The van der Waals surface area contributed by atoms with E-state index in [2.05, 4.69) is 10.1 Å². The largest absolute Gasteiger partial charge is 0.431 e. The molecule has 3 aromatic rings. The van der Waals surface area contributed by atoms with Gasteiger partial charge in [-0.1, -0.05) is 30.3 Å². The summed E-state index contributed by atoms with van der Waals surface area (Å²) in [6, 6.07) is 10.2. The first-order valence-electron chi connectivity index (χ1n) is 10.4. The lowest BCUT2D eigenvalue weighted by Crippen LogP contribution is -2.62. The number of hydrogen-bond donors (Lipinski definition) is 1. The van der Waals surface area contributed by atoms with Crippen LogP contribution in [-0.4, -0.2) is 33.8 Å². The van der Waals surface area contributed by atoms with Crippen LogP contribution in [0.25, 0.3) is 11.3 Å². The second-order valence-electron chi connectivity index (χ2n) is 8.26. The fraction of sp³-hybridized carbons (Fsp3) is 0.250. The third-order valence-electron chi connectivity index (χ3n) is 5.81. The summed E-state index contributed by atoms with van der Waals surface area (Å²) in [5.74, 6) is -2.26. The van der Waals surface area contributed by atoms with Crippen molar-refractivity contribution in [3.05, 3.63) is 83.6 Å². The maximum Gasteiger partial charge on any atom is 0.431 e. The van der Waals surface area contributed by atoms with E-state index in [-0.39, 0.29) is 5.56 Å². The van der Waals surface area contributed by atoms with Gasteiger partial charge >= 0.3 is 12.4 Å². The van der Waals surface area contributed by atoms with Crippen molar-refractivity contribution in [2.75, 3.05) is 5.01 Å². The number of rotatable bonds is 4. The Labute approximate surface area is 199 Å². The Bertz CT molecular complexity index is 1270. The summed E-state index contributed by atoms with van der Waals surface area (Å²) in [4.78, 5) is 4.26. The van der Waals surface area contributed by atoms with Crippen molar-refractivity contribution in [2.24, 2.45) is 5.10 Å². The van der Waals surface area contributed by atoms with Crippen molar-refractivity contribution in [3.8, 4) is 11.3 Å². The fourth-order valence-corrected chi connectivity index (χ4v) is 3.88. The summed E-state index contributed by atoms with van der Waals surface area (Å²) in [5.41, 5.74) is -5.23. The van der Waals surface area contributed by atoms with Gasteiger partial charge in [-0.2, -0.15) is 31.4 Å². The maximum atomic E-state index is 14.5. The van der Waals surface area contributed by atoms with Crippen molar-refractivity contribution < 1.29 is 40.2 Å². The fourth-order valence-electron chi connectivity index (χ4n) is 3.88. The molecule has 1 aliphatic rings. The van der Waals surface area contributed by atoms with Gasteiger partial charge in [0.15, 0.2) is 5.82 Å². The minimum absolute atomic E-state index is 0.181. The topological polar surface area (TPSA) is 48.7 Å². The molecule has 0 amide bonds. The first-order chi connectivity index (χ1) is 16.7. The monoisotopic (exact) mass is 515 g/mol. The van der Waals surface area contributed by atoms with Crippen molar-refractivity contribution in [1.29, 1.82) is 0 Å². The van der Waals surface area contributed by atoms with Crippen LogP contribution in [-0.2, 0) is 0 Å². The molecule has 1 N–H and O–H groups in total. The van der Waals surface area contributed by atoms with Crippen LogP contribution < -0.4 is 5.01 Å². The van der Waals surface area contributed by atoms with Gasteiger partial charge in [0.25, 0.3) is 5.60 Å². The van der Waals surface area contributed by atoms with Crippen LogP contribution >= 0.6 is 0 Å². The third kappa shape index (κ3) is 4.41. The molecule has 0 bridgehead atoms. The molecule has 36 heavy (non-hydrogen) atoms. The van der Waals surface area contributed by atoms with Gasteiger partial charge in [-0.05, 0) is 36.2 Å². The van der Waals surface area contributed by atoms with Gasteiger partial charge in [0.05, 0.1) is 23.1 Å². The van der Waals surface area contributed by atoms with Crippen molar-refractivity contribution in [2.45, 2.75) is 37.3 Å². The molecule has 0 spiro atoms. The zero-order chi connectivity index (χ0) is 26.5.